The highest BCUT2D eigenvalue weighted by atomic mass is 16.3. The number of aliphatic imine (C=N–C) groups is 2. The average molecular weight is 324 g/mol. The van der Waals surface area contributed by atoms with Crippen molar-refractivity contribution in [1.29, 1.82) is 0 Å². The molecule has 0 aromatic heterocycles. The standard InChI is InChI=1S/C20H24N2O2/c1-13-5-7-17(19(23)15(13)3)11-21-9-10-22-12-18-8-6-14(2)16(4)20(18)24/h5-8,11-12,23-24H,9-10H2,1-4H3. The van der Waals surface area contributed by atoms with E-state index in [1.807, 2.05) is 52.0 Å². The van der Waals surface area contributed by atoms with Crippen LogP contribution in [-0.2, 0) is 0 Å². The third-order valence-corrected chi connectivity index (χ3v) is 4.29. The molecule has 0 atom stereocenters. The lowest BCUT2D eigenvalue weighted by Crippen LogP contribution is -1.93. The smallest absolute Gasteiger partial charge is 0.127 e. The summed E-state index contributed by atoms with van der Waals surface area (Å²) in [6, 6.07) is 7.66. The maximum Gasteiger partial charge on any atom is 0.127 e. The second-order valence-electron chi connectivity index (χ2n) is 5.96. The zero-order valence-corrected chi connectivity index (χ0v) is 14.7. The van der Waals surface area contributed by atoms with Crippen LogP contribution in [0, 0.1) is 27.7 Å². The van der Waals surface area contributed by atoms with Gasteiger partial charge in [-0.2, -0.15) is 0 Å². The summed E-state index contributed by atoms with van der Waals surface area (Å²) in [5.41, 5.74) is 5.30. The lowest BCUT2D eigenvalue weighted by Gasteiger charge is -2.06. The van der Waals surface area contributed by atoms with Crippen LogP contribution in [0.5, 0.6) is 11.5 Å². The van der Waals surface area contributed by atoms with Crippen molar-refractivity contribution >= 4 is 12.4 Å². The average Bonchev–Trinajstić information content (AvgIpc) is 2.57. The molecule has 0 saturated heterocycles. The van der Waals surface area contributed by atoms with Gasteiger partial charge in [0.25, 0.3) is 0 Å². The Morgan fingerprint density at radius 3 is 1.46 bits per heavy atom. The fourth-order valence-electron chi connectivity index (χ4n) is 2.29. The molecule has 2 aromatic rings. The largest absolute Gasteiger partial charge is 0.507 e. The van der Waals surface area contributed by atoms with Crippen LogP contribution in [-0.4, -0.2) is 35.7 Å². The predicted molar refractivity (Wildman–Crippen MR) is 100 cm³/mol. The van der Waals surface area contributed by atoms with Crippen molar-refractivity contribution in [2.75, 3.05) is 13.1 Å². The second-order valence-corrected chi connectivity index (χ2v) is 5.96. The van der Waals surface area contributed by atoms with Gasteiger partial charge in [0, 0.05) is 23.6 Å². The molecule has 0 fully saturated rings. The van der Waals surface area contributed by atoms with Crippen molar-refractivity contribution in [2.24, 2.45) is 9.98 Å². The molecule has 2 N–H and O–H groups in total. The van der Waals surface area contributed by atoms with Gasteiger partial charge in [-0.1, -0.05) is 12.1 Å². The Balaban J connectivity index is 1.94. The van der Waals surface area contributed by atoms with Crippen LogP contribution < -0.4 is 0 Å². The third-order valence-electron chi connectivity index (χ3n) is 4.29. The highest BCUT2D eigenvalue weighted by Gasteiger charge is 2.05. The maximum absolute atomic E-state index is 10.1. The molecule has 0 unspecified atom stereocenters. The van der Waals surface area contributed by atoms with Crippen LogP contribution in [0.4, 0.5) is 0 Å². The summed E-state index contributed by atoms with van der Waals surface area (Å²) in [5.74, 6) is 0.560. The molecule has 0 aliphatic carbocycles. The van der Waals surface area contributed by atoms with Crippen LogP contribution in [0.3, 0.4) is 0 Å². The highest BCUT2D eigenvalue weighted by molar-refractivity contribution is 5.85. The number of aromatic hydroxyl groups is 2. The highest BCUT2D eigenvalue weighted by Crippen LogP contribution is 2.24. The fraction of sp³-hybridized carbons (Fsp3) is 0.300. The van der Waals surface area contributed by atoms with Gasteiger partial charge in [-0.25, -0.2) is 0 Å². The molecule has 126 valence electrons. The first-order valence-electron chi connectivity index (χ1n) is 7.99. The van der Waals surface area contributed by atoms with Gasteiger partial charge in [0.1, 0.15) is 11.5 Å². The Morgan fingerprint density at radius 1 is 0.708 bits per heavy atom. The van der Waals surface area contributed by atoms with Crippen LogP contribution in [0.1, 0.15) is 33.4 Å². The van der Waals surface area contributed by atoms with Gasteiger partial charge >= 0.3 is 0 Å². The van der Waals surface area contributed by atoms with E-state index >= 15 is 0 Å². The minimum atomic E-state index is 0.280. The van der Waals surface area contributed by atoms with Crippen molar-refractivity contribution in [1.82, 2.24) is 0 Å². The summed E-state index contributed by atoms with van der Waals surface area (Å²) in [6.07, 6.45) is 3.34. The maximum atomic E-state index is 10.1. The van der Waals surface area contributed by atoms with E-state index in [1.165, 1.54) is 0 Å². The van der Waals surface area contributed by atoms with E-state index in [0.29, 0.717) is 24.2 Å². The summed E-state index contributed by atoms with van der Waals surface area (Å²) in [5, 5.41) is 20.1. The van der Waals surface area contributed by atoms with Gasteiger partial charge in [-0.05, 0) is 62.1 Å². The summed E-state index contributed by atoms with van der Waals surface area (Å²) in [4.78, 5) is 8.59. The molecule has 4 nitrogen and oxygen atoms in total. The minimum Gasteiger partial charge on any atom is -0.507 e. The van der Waals surface area contributed by atoms with E-state index in [9.17, 15) is 10.2 Å². The van der Waals surface area contributed by atoms with Gasteiger partial charge in [0.2, 0.25) is 0 Å². The zero-order chi connectivity index (χ0) is 17.7. The predicted octanol–water partition coefficient (Wildman–Crippen LogP) is 3.87. The SMILES string of the molecule is Cc1ccc(C=NCCN=Cc2ccc(C)c(C)c2O)c(O)c1C. The molecular weight excluding hydrogens is 300 g/mol. The van der Waals surface area contributed by atoms with Crippen molar-refractivity contribution in [3.05, 3.63) is 57.6 Å². The van der Waals surface area contributed by atoms with Crippen LogP contribution in [0.25, 0.3) is 0 Å². The number of phenols is 2. The zero-order valence-electron chi connectivity index (χ0n) is 14.7. The van der Waals surface area contributed by atoms with E-state index in [-0.39, 0.29) is 11.5 Å². The van der Waals surface area contributed by atoms with Crippen molar-refractivity contribution in [2.45, 2.75) is 27.7 Å². The van der Waals surface area contributed by atoms with Crippen molar-refractivity contribution in [3.63, 3.8) is 0 Å². The van der Waals surface area contributed by atoms with Crippen molar-refractivity contribution < 1.29 is 10.2 Å². The van der Waals surface area contributed by atoms with Gasteiger partial charge in [0.15, 0.2) is 0 Å². The summed E-state index contributed by atoms with van der Waals surface area (Å²) < 4.78 is 0. The molecule has 0 aliphatic heterocycles. The molecule has 24 heavy (non-hydrogen) atoms. The van der Waals surface area contributed by atoms with E-state index in [2.05, 4.69) is 9.98 Å². The topological polar surface area (TPSA) is 65.2 Å². The fourth-order valence-corrected chi connectivity index (χ4v) is 2.29. The molecule has 0 aliphatic rings. The Labute approximate surface area is 143 Å². The van der Waals surface area contributed by atoms with Gasteiger partial charge in [0.05, 0.1) is 13.1 Å². The molecule has 2 rings (SSSR count). The molecule has 0 radical (unpaired) electrons. The van der Waals surface area contributed by atoms with E-state index < -0.39 is 0 Å². The van der Waals surface area contributed by atoms with E-state index in [0.717, 1.165) is 22.3 Å². The molecule has 0 saturated carbocycles. The lowest BCUT2D eigenvalue weighted by molar-refractivity contribution is 0.469. The quantitative estimate of drug-likeness (QED) is 0.648. The van der Waals surface area contributed by atoms with Gasteiger partial charge in [-0.15, -0.1) is 0 Å². The summed E-state index contributed by atoms with van der Waals surface area (Å²) in [6.45, 7) is 8.76. The first-order valence-corrected chi connectivity index (χ1v) is 7.99. The Bertz CT molecular complexity index is 725. The molecule has 4 heteroatoms. The van der Waals surface area contributed by atoms with E-state index in [1.54, 1.807) is 12.4 Å². The summed E-state index contributed by atoms with van der Waals surface area (Å²) in [7, 11) is 0. The number of aryl methyl sites for hydroxylation is 2. The molecule has 0 heterocycles. The number of nitrogens with zero attached hydrogens (tertiary/aromatic N) is 2. The Morgan fingerprint density at radius 2 is 1.08 bits per heavy atom. The minimum absolute atomic E-state index is 0.280. The first kappa shape index (κ1) is 17.7. The molecule has 0 spiro atoms. The van der Waals surface area contributed by atoms with Gasteiger partial charge < -0.3 is 10.2 Å². The monoisotopic (exact) mass is 324 g/mol. The van der Waals surface area contributed by atoms with Crippen LogP contribution in [0.2, 0.25) is 0 Å². The summed E-state index contributed by atoms with van der Waals surface area (Å²) >= 11 is 0. The van der Waals surface area contributed by atoms with E-state index in [4.69, 9.17) is 0 Å². The molecule has 2 aromatic carbocycles. The van der Waals surface area contributed by atoms with Crippen LogP contribution in [0.15, 0.2) is 34.3 Å². The third kappa shape index (κ3) is 4.02. The molecule has 0 bridgehead atoms. The van der Waals surface area contributed by atoms with Crippen molar-refractivity contribution in [3.8, 4) is 11.5 Å². The number of phenolic OH excluding ortho intramolecular Hbond substituents is 2. The molecule has 0 amide bonds. The van der Waals surface area contributed by atoms with Crippen LogP contribution >= 0.6 is 0 Å². The molecular formula is C20H24N2O2. The number of hydrogen-bond acceptors (Lipinski definition) is 4. The Kier molecular flexibility index (Phi) is 5.74. The normalized spacial score (nSPS) is 11.7. The number of hydrogen-bond donors (Lipinski definition) is 2. The number of benzene rings is 2. The Hall–Kier alpha value is -2.62. The number of rotatable bonds is 5. The van der Waals surface area contributed by atoms with Gasteiger partial charge in [-0.3, -0.25) is 9.98 Å². The lowest BCUT2D eigenvalue weighted by atomic mass is 10.1. The second kappa shape index (κ2) is 7.77. The first-order chi connectivity index (χ1) is 11.4.